The van der Waals surface area contributed by atoms with Crippen LogP contribution in [-0.2, 0) is 12.8 Å². The fourth-order valence-corrected chi connectivity index (χ4v) is 3.27. The Kier molecular flexibility index (Phi) is 3.42. The summed E-state index contributed by atoms with van der Waals surface area (Å²) in [6.07, 6.45) is 3.14. The molecule has 1 heterocycles. The minimum atomic E-state index is 0.569. The zero-order valence-electron chi connectivity index (χ0n) is 11.4. The van der Waals surface area contributed by atoms with Crippen LogP contribution < -0.4 is 0 Å². The van der Waals surface area contributed by atoms with Gasteiger partial charge in [0.05, 0.1) is 5.56 Å². The summed E-state index contributed by atoms with van der Waals surface area (Å²) in [4.78, 5) is 3.28. The van der Waals surface area contributed by atoms with E-state index in [1.807, 2.05) is 18.2 Å². The first-order chi connectivity index (χ1) is 9.70. The van der Waals surface area contributed by atoms with Gasteiger partial charge in [0.1, 0.15) is 10.7 Å². The Morgan fingerprint density at radius 1 is 1.25 bits per heavy atom. The monoisotopic (exact) mass is 280 g/mol. The predicted octanol–water partition coefficient (Wildman–Crippen LogP) is 4.41. The molecule has 2 aromatic rings. The summed E-state index contributed by atoms with van der Waals surface area (Å²) in [6.45, 7) is 2.24. The van der Waals surface area contributed by atoms with E-state index in [9.17, 15) is 5.26 Å². The molecule has 2 nitrogen and oxygen atoms in total. The van der Waals surface area contributed by atoms with Crippen molar-refractivity contribution in [3.8, 4) is 17.3 Å². The van der Waals surface area contributed by atoms with E-state index in [0.29, 0.717) is 16.1 Å². The molecule has 100 valence electrons. The largest absolute Gasteiger partial charge is 0.345 e. The standard InChI is InChI=1S/C17H16N2S/c1-11-7-8-13-14(9-11)15(10-18)17(20)19-16(13)12-5-3-2-4-6-12/h2-6,11H,7-9H2,1H3,(H,19,20). The number of aromatic nitrogens is 1. The number of nitrogens with one attached hydrogen (secondary N) is 1. The molecular weight excluding hydrogens is 264 g/mol. The third kappa shape index (κ3) is 2.17. The van der Waals surface area contributed by atoms with Crippen LogP contribution in [0.3, 0.4) is 0 Å². The molecule has 0 spiro atoms. The van der Waals surface area contributed by atoms with Gasteiger partial charge in [-0.3, -0.25) is 0 Å². The molecule has 1 aliphatic carbocycles. The fraction of sp³-hybridized carbons (Fsp3) is 0.294. The van der Waals surface area contributed by atoms with Gasteiger partial charge >= 0.3 is 0 Å². The first kappa shape index (κ1) is 13.1. The quantitative estimate of drug-likeness (QED) is 0.786. The number of pyridine rings is 1. The van der Waals surface area contributed by atoms with Crippen molar-refractivity contribution in [3.05, 3.63) is 51.7 Å². The van der Waals surface area contributed by atoms with Crippen LogP contribution in [0.4, 0.5) is 0 Å². The second kappa shape index (κ2) is 5.22. The number of hydrogen-bond acceptors (Lipinski definition) is 2. The molecule has 0 aliphatic heterocycles. The maximum absolute atomic E-state index is 9.39. The van der Waals surface area contributed by atoms with Crippen LogP contribution in [0.15, 0.2) is 30.3 Å². The molecule has 1 atom stereocenters. The predicted molar refractivity (Wildman–Crippen MR) is 83.0 cm³/mol. The molecule has 0 saturated heterocycles. The highest BCUT2D eigenvalue weighted by molar-refractivity contribution is 7.71. The minimum absolute atomic E-state index is 0.569. The highest BCUT2D eigenvalue weighted by Crippen LogP contribution is 2.34. The Hall–Kier alpha value is -1.92. The number of fused-ring (bicyclic) bond motifs is 1. The molecule has 0 amide bonds. The van der Waals surface area contributed by atoms with Crippen molar-refractivity contribution in [1.29, 1.82) is 5.26 Å². The Morgan fingerprint density at radius 2 is 2.00 bits per heavy atom. The number of aromatic amines is 1. The first-order valence-electron chi connectivity index (χ1n) is 6.94. The van der Waals surface area contributed by atoms with Gasteiger partial charge in [-0.2, -0.15) is 5.26 Å². The maximum atomic E-state index is 9.39. The van der Waals surface area contributed by atoms with Crippen LogP contribution in [0.5, 0.6) is 0 Å². The van der Waals surface area contributed by atoms with E-state index in [1.54, 1.807) is 0 Å². The Labute approximate surface area is 124 Å². The lowest BCUT2D eigenvalue weighted by Crippen LogP contribution is -2.15. The number of rotatable bonds is 1. The van der Waals surface area contributed by atoms with Gasteiger partial charge in [-0.25, -0.2) is 0 Å². The highest BCUT2D eigenvalue weighted by atomic mass is 32.1. The molecule has 1 aliphatic rings. The first-order valence-corrected chi connectivity index (χ1v) is 7.35. The van der Waals surface area contributed by atoms with Gasteiger partial charge < -0.3 is 4.98 Å². The molecule has 1 N–H and O–H groups in total. The van der Waals surface area contributed by atoms with Crippen LogP contribution >= 0.6 is 12.2 Å². The van der Waals surface area contributed by atoms with Crippen molar-refractivity contribution in [1.82, 2.24) is 4.98 Å². The van der Waals surface area contributed by atoms with Crippen LogP contribution in [0, 0.1) is 21.9 Å². The van der Waals surface area contributed by atoms with E-state index in [2.05, 4.69) is 30.1 Å². The molecule has 0 bridgehead atoms. The summed E-state index contributed by atoms with van der Waals surface area (Å²) in [5.74, 6) is 0.620. The third-order valence-electron chi connectivity index (χ3n) is 4.05. The summed E-state index contributed by atoms with van der Waals surface area (Å²) in [5, 5.41) is 9.39. The normalized spacial score (nSPS) is 17.3. The van der Waals surface area contributed by atoms with Crippen LogP contribution in [0.25, 0.3) is 11.3 Å². The Morgan fingerprint density at radius 3 is 2.70 bits per heavy atom. The molecule has 1 aromatic carbocycles. The number of nitrogens with zero attached hydrogens (tertiary/aromatic N) is 1. The molecule has 0 saturated carbocycles. The average Bonchev–Trinajstić information content (AvgIpc) is 2.47. The molecule has 1 unspecified atom stereocenters. The van der Waals surface area contributed by atoms with Crippen molar-refractivity contribution in [2.45, 2.75) is 26.2 Å². The number of nitriles is 1. The summed E-state index contributed by atoms with van der Waals surface area (Å²) >= 11 is 5.38. The van der Waals surface area contributed by atoms with E-state index in [0.717, 1.165) is 29.7 Å². The van der Waals surface area contributed by atoms with Crippen molar-refractivity contribution < 1.29 is 0 Å². The van der Waals surface area contributed by atoms with E-state index in [-0.39, 0.29) is 0 Å². The number of hydrogen-bond donors (Lipinski definition) is 1. The van der Waals surface area contributed by atoms with Crippen LogP contribution in [-0.4, -0.2) is 4.98 Å². The summed E-state index contributed by atoms with van der Waals surface area (Å²) in [7, 11) is 0. The smallest absolute Gasteiger partial charge is 0.121 e. The van der Waals surface area contributed by atoms with Crippen molar-refractivity contribution >= 4 is 12.2 Å². The molecule has 0 radical (unpaired) electrons. The molecule has 3 heteroatoms. The van der Waals surface area contributed by atoms with Crippen molar-refractivity contribution in [3.63, 3.8) is 0 Å². The molecule has 3 rings (SSSR count). The van der Waals surface area contributed by atoms with E-state index >= 15 is 0 Å². The van der Waals surface area contributed by atoms with E-state index in [1.165, 1.54) is 12.0 Å². The topological polar surface area (TPSA) is 39.6 Å². The van der Waals surface area contributed by atoms with Crippen LogP contribution in [0.1, 0.15) is 30.0 Å². The molecular formula is C17H16N2S. The van der Waals surface area contributed by atoms with E-state index < -0.39 is 0 Å². The SMILES string of the molecule is CC1CCc2c(-c3ccccc3)[nH]c(=S)c(C#N)c2C1. The lowest BCUT2D eigenvalue weighted by atomic mass is 9.81. The maximum Gasteiger partial charge on any atom is 0.121 e. The van der Waals surface area contributed by atoms with Gasteiger partial charge in [0.2, 0.25) is 0 Å². The zero-order valence-corrected chi connectivity index (χ0v) is 12.3. The van der Waals surface area contributed by atoms with Crippen molar-refractivity contribution in [2.24, 2.45) is 5.92 Å². The lowest BCUT2D eigenvalue weighted by Gasteiger charge is -2.25. The number of H-pyrrole nitrogens is 1. The average molecular weight is 280 g/mol. The van der Waals surface area contributed by atoms with Crippen LogP contribution in [0.2, 0.25) is 0 Å². The van der Waals surface area contributed by atoms with Gasteiger partial charge in [-0.1, -0.05) is 49.5 Å². The van der Waals surface area contributed by atoms with Gasteiger partial charge in [-0.05, 0) is 41.9 Å². The molecule has 0 fully saturated rings. The lowest BCUT2D eigenvalue weighted by molar-refractivity contribution is 0.500. The van der Waals surface area contributed by atoms with Gasteiger partial charge in [-0.15, -0.1) is 0 Å². The summed E-state index contributed by atoms with van der Waals surface area (Å²) in [6, 6.07) is 12.5. The van der Waals surface area contributed by atoms with Gasteiger partial charge in [0.25, 0.3) is 0 Å². The summed E-state index contributed by atoms with van der Waals surface area (Å²) in [5.41, 5.74) is 5.35. The van der Waals surface area contributed by atoms with E-state index in [4.69, 9.17) is 12.2 Å². The zero-order chi connectivity index (χ0) is 14.1. The molecule has 20 heavy (non-hydrogen) atoms. The Balaban J connectivity index is 2.28. The molecule has 1 aromatic heterocycles. The fourth-order valence-electron chi connectivity index (χ4n) is 3.00. The second-order valence-electron chi connectivity index (χ2n) is 5.49. The van der Waals surface area contributed by atoms with Gasteiger partial charge in [0.15, 0.2) is 0 Å². The Bertz CT molecular complexity index is 738. The number of benzene rings is 1. The third-order valence-corrected chi connectivity index (χ3v) is 4.35. The second-order valence-corrected chi connectivity index (χ2v) is 5.90. The van der Waals surface area contributed by atoms with Crippen molar-refractivity contribution in [2.75, 3.05) is 0 Å². The van der Waals surface area contributed by atoms with Gasteiger partial charge in [0, 0.05) is 5.69 Å². The highest BCUT2D eigenvalue weighted by Gasteiger charge is 2.23. The summed E-state index contributed by atoms with van der Waals surface area (Å²) < 4.78 is 0.569. The minimum Gasteiger partial charge on any atom is -0.345 e.